The molecular weight excluding hydrogens is 155 g/mol. The zero-order chi connectivity index (χ0) is 9.72. The molecule has 0 aromatic carbocycles. The SMILES string of the molecule is CC.CC1=C(F)C(=N)C(=N)C=C1. The summed E-state index contributed by atoms with van der Waals surface area (Å²) in [6.45, 7) is 5.58. The van der Waals surface area contributed by atoms with Crippen molar-refractivity contribution in [1.82, 2.24) is 0 Å². The summed E-state index contributed by atoms with van der Waals surface area (Å²) >= 11 is 0. The van der Waals surface area contributed by atoms with Gasteiger partial charge in [0.25, 0.3) is 0 Å². The van der Waals surface area contributed by atoms with Gasteiger partial charge in [0, 0.05) is 0 Å². The minimum atomic E-state index is -0.590. The van der Waals surface area contributed by atoms with Crippen LogP contribution in [0, 0.1) is 10.8 Å². The molecule has 1 rings (SSSR count). The van der Waals surface area contributed by atoms with Crippen LogP contribution in [0.5, 0.6) is 0 Å². The summed E-state index contributed by atoms with van der Waals surface area (Å²) in [6, 6.07) is 0. The quantitative estimate of drug-likeness (QED) is 0.522. The molecule has 66 valence electrons. The second kappa shape index (κ2) is 4.59. The summed E-state index contributed by atoms with van der Waals surface area (Å²) in [5.74, 6) is -0.590. The first-order valence-corrected chi connectivity index (χ1v) is 3.85. The molecule has 0 saturated carbocycles. The highest BCUT2D eigenvalue weighted by Crippen LogP contribution is 2.14. The van der Waals surface area contributed by atoms with Crippen molar-refractivity contribution in [3.05, 3.63) is 23.6 Å². The van der Waals surface area contributed by atoms with E-state index in [1.54, 1.807) is 6.92 Å². The van der Waals surface area contributed by atoms with Gasteiger partial charge in [-0.2, -0.15) is 0 Å². The van der Waals surface area contributed by atoms with E-state index in [9.17, 15) is 4.39 Å². The molecule has 0 spiro atoms. The van der Waals surface area contributed by atoms with Crippen molar-refractivity contribution in [2.75, 3.05) is 0 Å². The van der Waals surface area contributed by atoms with Crippen LogP contribution >= 0.6 is 0 Å². The lowest BCUT2D eigenvalue weighted by Gasteiger charge is -2.06. The van der Waals surface area contributed by atoms with Gasteiger partial charge in [-0.25, -0.2) is 4.39 Å². The Hall–Kier alpha value is -1.25. The summed E-state index contributed by atoms with van der Waals surface area (Å²) < 4.78 is 12.7. The number of halogens is 1. The molecule has 0 atom stereocenters. The van der Waals surface area contributed by atoms with Gasteiger partial charge in [0.2, 0.25) is 0 Å². The summed E-state index contributed by atoms with van der Waals surface area (Å²) in [7, 11) is 0. The Kier molecular flexibility index (Phi) is 4.11. The van der Waals surface area contributed by atoms with Gasteiger partial charge >= 0.3 is 0 Å². The van der Waals surface area contributed by atoms with Crippen LogP contribution in [-0.4, -0.2) is 11.4 Å². The molecule has 2 N–H and O–H groups in total. The van der Waals surface area contributed by atoms with E-state index >= 15 is 0 Å². The van der Waals surface area contributed by atoms with Gasteiger partial charge in [-0.15, -0.1) is 0 Å². The summed E-state index contributed by atoms with van der Waals surface area (Å²) in [4.78, 5) is 0. The predicted octanol–water partition coefficient (Wildman–Crippen LogP) is 2.87. The first-order valence-electron chi connectivity index (χ1n) is 3.85. The summed E-state index contributed by atoms with van der Waals surface area (Å²) in [5, 5.41) is 14.1. The number of rotatable bonds is 0. The lowest BCUT2D eigenvalue weighted by atomic mass is 10.0. The third-order valence-corrected chi connectivity index (χ3v) is 1.34. The molecule has 3 heteroatoms. The van der Waals surface area contributed by atoms with Gasteiger partial charge in [-0.05, 0) is 18.6 Å². The van der Waals surface area contributed by atoms with Crippen molar-refractivity contribution in [3.63, 3.8) is 0 Å². The van der Waals surface area contributed by atoms with Gasteiger partial charge in [-0.1, -0.05) is 19.9 Å². The maximum atomic E-state index is 12.7. The van der Waals surface area contributed by atoms with Crippen LogP contribution in [-0.2, 0) is 0 Å². The number of nitrogens with one attached hydrogen (secondary N) is 2. The van der Waals surface area contributed by atoms with Crippen molar-refractivity contribution in [1.29, 1.82) is 10.8 Å². The molecule has 0 bridgehead atoms. The molecule has 0 fully saturated rings. The zero-order valence-corrected chi connectivity index (χ0v) is 7.53. The maximum absolute atomic E-state index is 12.7. The third kappa shape index (κ3) is 2.12. The molecule has 0 amide bonds. The smallest absolute Gasteiger partial charge is 0.153 e. The van der Waals surface area contributed by atoms with Gasteiger partial charge in [-0.3, -0.25) is 10.8 Å². The first kappa shape index (κ1) is 10.8. The van der Waals surface area contributed by atoms with Crippen molar-refractivity contribution in [3.8, 4) is 0 Å². The summed E-state index contributed by atoms with van der Waals surface area (Å²) in [5.41, 5.74) is 0.0316. The van der Waals surface area contributed by atoms with E-state index in [2.05, 4.69) is 0 Å². The van der Waals surface area contributed by atoms with Gasteiger partial charge in [0.1, 0.15) is 5.71 Å². The fraction of sp³-hybridized carbons (Fsp3) is 0.333. The van der Waals surface area contributed by atoms with Crippen molar-refractivity contribution < 1.29 is 4.39 Å². The Morgan fingerprint density at radius 1 is 1.17 bits per heavy atom. The molecule has 0 aromatic rings. The second-order valence-corrected chi connectivity index (χ2v) is 2.12. The Labute approximate surface area is 71.8 Å². The van der Waals surface area contributed by atoms with E-state index in [1.165, 1.54) is 12.2 Å². The molecule has 12 heavy (non-hydrogen) atoms. The molecule has 0 saturated heterocycles. The Balaban J connectivity index is 0.000000561. The van der Waals surface area contributed by atoms with Crippen LogP contribution in [0.25, 0.3) is 0 Å². The lowest BCUT2D eigenvalue weighted by molar-refractivity contribution is 0.673. The molecule has 0 aliphatic heterocycles. The average molecular weight is 168 g/mol. The number of hydrogen-bond acceptors (Lipinski definition) is 2. The van der Waals surface area contributed by atoms with E-state index in [4.69, 9.17) is 10.8 Å². The Morgan fingerprint density at radius 3 is 2.08 bits per heavy atom. The molecule has 1 aliphatic rings. The third-order valence-electron chi connectivity index (χ3n) is 1.34. The minimum absolute atomic E-state index is 0.0666. The highest BCUT2D eigenvalue weighted by Gasteiger charge is 2.14. The topological polar surface area (TPSA) is 47.7 Å². The predicted molar refractivity (Wildman–Crippen MR) is 49.7 cm³/mol. The van der Waals surface area contributed by atoms with E-state index < -0.39 is 5.83 Å². The monoisotopic (exact) mass is 168 g/mol. The van der Waals surface area contributed by atoms with Crippen LogP contribution in [0.4, 0.5) is 4.39 Å². The standard InChI is InChI=1S/C7H7FN2.C2H6/c1-4-2-3-5(9)7(10)6(4)8;1-2/h2-3,9-10H,1H3;1-2H3. The largest absolute Gasteiger partial charge is 0.299 e. The lowest BCUT2D eigenvalue weighted by Crippen LogP contribution is -2.13. The average Bonchev–Trinajstić information content (AvgIpc) is 2.12. The Bertz CT molecular complexity index is 262. The highest BCUT2D eigenvalue weighted by molar-refractivity contribution is 6.50. The van der Waals surface area contributed by atoms with Crippen LogP contribution in [0.2, 0.25) is 0 Å². The maximum Gasteiger partial charge on any atom is 0.153 e. The first-order chi connectivity index (χ1) is 5.63. The fourth-order valence-corrected chi connectivity index (χ4v) is 0.680. The van der Waals surface area contributed by atoms with Crippen LogP contribution in [0.1, 0.15) is 20.8 Å². The van der Waals surface area contributed by atoms with Crippen molar-refractivity contribution >= 4 is 11.4 Å². The Morgan fingerprint density at radius 2 is 1.67 bits per heavy atom. The van der Waals surface area contributed by atoms with Crippen LogP contribution < -0.4 is 0 Å². The summed E-state index contributed by atoms with van der Waals surface area (Å²) in [6.07, 6.45) is 2.91. The van der Waals surface area contributed by atoms with Gasteiger partial charge < -0.3 is 0 Å². The number of hydrogen-bond donors (Lipinski definition) is 2. The number of allylic oxidation sites excluding steroid dienone is 4. The van der Waals surface area contributed by atoms with Crippen molar-refractivity contribution in [2.24, 2.45) is 0 Å². The zero-order valence-electron chi connectivity index (χ0n) is 7.53. The van der Waals surface area contributed by atoms with Crippen LogP contribution in [0.3, 0.4) is 0 Å². The molecule has 1 aliphatic carbocycles. The fourth-order valence-electron chi connectivity index (χ4n) is 0.680. The normalized spacial score (nSPS) is 16.0. The molecule has 0 unspecified atom stereocenters. The van der Waals surface area contributed by atoms with E-state index in [0.29, 0.717) is 5.57 Å². The molecule has 0 heterocycles. The van der Waals surface area contributed by atoms with E-state index in [-0.39, 0.29) is 11.4 Å². The molecule has 0 aromatic heterocycles. The van der Waals surface area contributed by atoms with E-state index in [0.717, 1.165) is 0 Å². The van der Waals surface area contributed by atoms with Gasteiger partial charge in [0.05, 0.1) is 5.71 Å². The second-order valence-electron chi connectivity index (χ2n) is 2.12. The van der Waals surface area contributed by atoms with Crippen molar-refractivity contribution in [2.45, 2.75) is 20.8 Å². The van der Waals surface area contributed by atoms with Crippen LogP contribution in [0.15, 0.2) is 23.6 Å². The minimum Gasteiger partial charge on any atom is -0.299 e. The highest BCUT2D eigenvalue weighted by atomic mass is 19.1. The molecular formula is C9H13FN2. The van der Waals surface area contributed by atoms with E-state index in [1.807, 2.05) is 13.8 Å². The molecule has 0 radical (unpaired) electrons. The van der Waals surface area contributed by atoms with Gasteiger partial charge in [0.15, 0.2) is 5.83 Å². The molecule has 2 nitrogen and oxygen atoms in total.